The summed E-state index contributed by atoms with van der Waals surface area (Å²) in [7, 11) is 2.19. The summed E-state index contributed by atoms with van der Waals surface area (Å²) in [5.74, 6) is 0. The number of likely N-dealkylation sites (N-methyl/N-ethyl adjacent to an activating group) is 1. The lowest BCUT2D eigenvalue weighted by molar-refractivity contribution is 0.0706. The quantitative estimate of drug-likeness (QED) is 0.594. The molecule has 2 aromatic heterocycles. The maximum atomic E-state index is 6.14. The number of benzene rings is 1. The zero-order valence-electron chi connectivity index (χ0n) is 17.4. The number of piperazine rings is 1. The van der Waals surface area contributed by atoms with E-state index in [4.69, 9.17) is 16.3 Å². The maximum absolute atomic E-state index is 6.14. The van der Waals surface area contributed by atoms with Crippen LogP contribution in [0.15, 0.2) is 36.7 Å². The molecular formula is C23H28ClN5O. The molecule has 0 radical (unpaired) electrons. The lowest BCUT2D eigenvalue weighted by Gasteiger charge is -2.32. The Morgan fingerprint density at radius 2 is 1.80 bits per heavy atom. The lowest BCUT2D eigenvalue weighted by Crippen LogP contribution is -2.43. The monoisotopic (exact) mass is 425 g/mol. The summed E-state index contributed by atoms with van der Waals surface area (Å²) < 4.78 is 7.83. The lowest BCUT2D eigenvalue weighted by atomic mass is 10.0. The summed E-state index contributed by atoms with van der Waals surface area (Å²) in [6, 6.07) is 9.34. The molecular weight excluding hydrogens is 398 g/mol. The van der Waals surface area contributed by atoms with Crippen LogP contribution in [0.3, 0.4) is 0 Å². The molecule has 3 aromatic rings. The number of halogens is 1. The Kier molecular flexibility index (Phi) is 5.74. The second-order valence-corrected chi connectivity index (χ2v) is 8.78. The molecule has 0 unspecified atom stereocenters. The van der Waals surface area contributed by atoms with E-state index in [1.54, 1.807) is 0 Å². The van der Waals surface area contributed by atoms with E-state index in [1.165, 1.54) is 16.7 Å². The first-order valence-electron chi connectivity index (χ1n) is 10.8. The second-order valence-electron chi connectivity index (χ2n) is 8.45. The van der Waals surface area contributed by atoms with Crippen molar-refractivity contribution in [1.29, 1.82) is 0 Å². The molecule has 0 amide bonds. The number of rotatable bonds is 4. The molecule has 0 N–H and O–H groups in total. The molecule has 30 heavy (non-hydrogen) atoms. The Morgan fingerprint density at radius 3 is 2.53 bits per heavy atom. The van der Waals surface area contributed by atoms with Crippen molar-refractivity contribution in [3.63, 3.8) is 0 Å². The van der Waals surface area contributed by atoms with Crippen LogP contribution in [-0.2, 0) is 11.3 Å². The highest BCUT2D eigenvalue weighted by molar-refractivity contribution is 6.28. The summed E-state index contributed by atoms with van der Waals surface area (Å²) >= 11 is 6.14. The molecule has 1 aromatic carbocycles. The van der Waals surface area contributed by atoms with Gasteiger partial charge in [-0.25, -0.2) is 4.98 Å². The largest absolute Gasteiger partial charge is 0.381 e. The first-order chi connectivity index (χ1) is 14.7. The van der Waals surface area contributed by atoms with Gasteiger partial charge in [-0.1, -0.05) is 24.3 Å². The van der Waals surface area contributed by atoms with Gasteiger partial charge in [-0.05, 0) is 42.6 Å². The number of ether oxygens (including phenoxy) is 1. The summed E-state index contributed by atoms with van der Waals surface area (Å²) in [4.78, 5) is 13.7. The van der Waals surface area contributed by atoms with E-state index in [2.05, 4.69) is 61.8 Å². The Morgan fingerprint density at radius 1 is 1.07 bits per heavy atom. The molecule has 0 bridgehead atoms. The van der Waals surface area contributed by atoms with Crippen LogP contribution in [0.5, 0.6) is 0 Å². The highest BCUT2D eigenvalue weighted by Gasteiger charge is 2.21. The van der Waals surface area contributed by atoms with Gasteiger partial charge in [0.15, 0.2) is 0 Å². The minimum atomic E-state index is 0.294. The zero-order chi connectivity index (χ0) is 20.5. The maximum Gasteiger partial charge on any atom is 0.224 e. The Bertz CT molecular complexity index is 1000. The van der Waals surface area contributed by atoms with Crippen molar-refractivity contribution in [3.8, 4) is 11.1 Å². The molecule has 7 heteroatoms. The van der Waals surface area contributed by atoms with Crippen molar-refractivity contribution in [3.05, 3.63) is 47.5 Å². The molecule has 158 valence electrons. The molecule has 5 rings (SSSR count). The van der Waals surface area contributed by atoms with Crippen molar-refractivity contribution in [2.75, 3.05) is 46.4 Å². The van der Waals surface area contributed by atoms with Crippen LogP contribution in [0.2, 0.25) is 5.28 Å². The Hall–Kier alpha value is -1.99. The summed E-state index contributed by atoms with van der Waals surface area (Å²) in [5, 5.41) is 1.35. The minimum absolute atomic E-state index is 0.294. The average Bonchev–Trinajstić information content (AvgIpc) is 3.15. The van der Waals surface area contributed by atoms with Gasteiger partial charge >= 0.3 is 0 Å². The van der Waals surface area contributed by atoms with Crippen LogP contribution in [0.25, 0.3) is 22.2 Å². The first-order valence-corrected chi connectivity index (χ1v) is 11.2. The predicted octanol–water partition coefficient (Wildman–Crippen LogP) is 3.85. The highest BCUT2D eigenvalue weighted by Crippen LogP contribution is 2.34. The van der Waals surface area contributed by atoms with Crippen LogP contribution in [0.4, 0.5) is 0 Å². The van der Waals surface area contributed by atoms with Gasteiger partial charge < -0.3 is 14.2 Å². The first kappa shape index (κ1) is 19.9. The van der Waals surface area contributed by atoms with Gasteiger partial charge in [-0.2, -0.15) is 4.98 Å². The van der Waals surface area contributed by atoms with E-state index in [-0.39, 0.29) is 0 Å². The van der Waals surface area contributed by atoms with Gasteiger partial charge in [0.05, 0.1) is 0 Å². The molecule has 2 aliphatic heterocycles. The van der Waals surface area contributed by atoms with Gasteiger partial charge in [0.2, 0.25) is 5.28 Å². The second kappa shape index (κ2) is 8.63. The molecule has 2 saturated heterocycles. The SMILES string of the molecule is CN1CCN(Cc2ccc(-c3cn(C4CCOCC4)c4nc(Cl)ncc34)cc2)CC1. The number of nitrogens with zero attached hydrogens (tertiary/aromatic N) is 5. The van der Waals surface area contributed by atoms with Crippen LogP contribution in [-0.4, -0.2) is 70.8 Å². The number of fused-ring (bicyclic) bond motifs is 1. The van der Waals surface area contributed by atoms with Gasteiger partial charge in [-0.15, -0.1) is 0 Å². The van der Waals surface area contributed by atoms with E-state index in [0.29, 0.717) is 11.3 Å². The van der Waals surface area contributed by atoms with E-state index >= 15 is 0 Å². The summed E-state index contributed by atoms with van der Waals surface area (Å²) in [5.41, 5.74) is 4.63. The molecule has 6 nitrogen and oxygen atoms in total. The van der Waals surface area contributed by atoms with Crippen LogP contribution >= 0.6 is 11.6 Å². The van der Waals surface area contributed by atoms with Crippen LogP contribution in [0.1, 0.15) is 24.4 Å². The third-order valence-electron chi connectivity index (χ3n) is 6.39. The summed E-state index contributed by atoms with van der Waals surface area (Å²) in [6.45, 7) is 7.15. The van der Waals surface area contributed by atoms with Crippen molar-refractivity contribution in [1.82, 2.24) is 24.3 Å². The molecule has 2 aliphatic rings. The normalized spacial score (nSPS) is 19.5. The number of hydrogen-bond donors (Lipinski definition) is 0. The van der Waals surface area contributed by atoms with Crippen LogP contribution in [0, 0.1) is 0 Å². The van der Waals surface area contributed by atoms with Gasteiger partial charge in [0, 0.05) is 75.3 Å². The Balaban J connectivity index is 1.42. The molecule has 0 aliphatic carbocycles. The Labute approximate surface area is 182 Å². The molecule has 2 fully saturated rings. The van der Waals surface area contributed by atoms with Crippen molar-refractivity contribution < 1.29 is 4.74 Å². The van der Waals surface area contributed by atoms with E-state index in [1.807, 2.05) is 6.20 Å². The molecule has 0 atom stereocenters. The van der Waals surface area contributed by atoms with Crippen LogP contribution < -0.4 is 0 Å². The topological polar surface area (TPSA) is 46.4 Å². The van der Waals surface area contributed by atoms with Gasteiger partial charge in [0.25, 0.3) is 0 Å². The highest BCUT2D eigenvalue weighted by atomic mass is 35.5. The smallest absolute Gasteiger partial charge is 0.224 e. The third kappa shape index (κ3) is 4.10. The van der Waals surface area contributed by atoms with E-state index in [9.17, 15) is 0 Å². The average molecular weight is 426 g/mol. The minimum Gasteiger partial charge on any atom is -0.381 e. The number of aromatic nitrogens is 3. The van der Waals surface area contributed by atoms with Crippen molar-refractivity contribution >= 4 is 22.6 Å². The third-order valence-corrected chi connectivity index (χ3v) is 6.58. The molecule has 0 spiro atoms. The zero-order valence-corrected chi connectivity index (χ0v) is 18.2. The van der Waals surface area contributed by atoms with Crippen molar-refractivity contribution in [2.24, 2.45) is 0 Å². The fourth-order valence-corrected chi connectivity index (χ4v) is 4.66. The summed E-state index contributed by atoms with van der Waals surface area (Å²) in [6.07, 6.45) is 6.07. The molecule has 4 heterocycles. The number of hydrogen-bond acceptors (Lipinski definition) is 5. The fourth-order valence-electron chi connectivity index (χ4n) is 4.53. The fraction of sp³-hybridized carbons (Fsp3) is 0.478. The van der Waals surface area contributed by atoms with Gasteiger partial charge in [-0.3, -0.25) is 4.90 Å². The standard InChI is InChI=1S/C23H28ClN5O/c1-27-8-10-28(11-9-27)15-17-2-4-18(5-3-17)21-16-29(19-6-12-30-13-7-19)22-20(21)14-25-23(24)26-22/h2-5,14,16,19H,6-13,15H2,1H3. The molecule has 0 saturated carbocycles. The van der Waals surface area contributed by atoms with Crippen molar-refractivity contribution in [2.45, 2.75) is 25.4 Å². The van der Waals surface area contributed by atoms with E-state index in [0.717, 1.165) is 69.8 Å². The van der Waals surface area contributed by atoms with E-state index < -0.39 is 0 Å². The predicted molar refractivity (Wildman–Crippen MR) is 120 cm³/mol. The van der Waals surface area contributed by atoms with Gasteiger partial charge in [0.1, 0.15) is 5.65 Å².